The normalized spacial score (nSPS) is 13.0. The number of ether oxygens (including phenoxy) is 1. The van der Waals surface area contributed by atoms with Crippen LogP contribution >= 0.6 is 23.2 Å². The zero-order valence-electron chi connectivity index (χ0n) is 12.9. The summed E-state index contributed by atoms with van der Waals surface area (Å²) in [7, 11) is 0. The summed E-state index contributed by atoms with van der Waals surface area (Å²) < 4.78 is 5.24. The van der Waals surface area contributed by atoms with E-state index in [1.54, 1.807) is 6.07 Å². The Kier molecular flexibility index (Phi) is 4.83. The summed E-state index contributed by atoms with van der Waals surface area (Å²) >= 11 is 12.3. The summed E-state index contributed by atoms with van der Waals surface area (Å²) in [4.78, 5) is 16.2. The third kappa shape index (κ3) is 4.02. The lowest BCUT2D eigenvalue weighted by molar-refractivity contribution is 0.0508. The number of hydrogen-bond acceptors (Lipinski definition) is 3. The van der Waals surface area contributed by atoms with E-state index in [-0.39, 0.29) is 6.04 Å². The molecule has 0 fully saturated rings. The first-order chi connectivity index (χ1) is 10.2. The fraction of sp³-hybridized carbons (Fsp3) is 0.375. The number of halogens is 2. The van der Waals surface area contributed by atoms with Crippen LogP contribution in [0.25, 0.3) is 10.9 Å². The average molecular weight is 341 g/mol. The number of amides is 1. The number of nitrogens with one attached hydrogen (secondary N) is 1. The molecule has 2 aromatic rings. The lowest BCUT2D eigenvalue weighted by Gasteiger charge is -2.22. The summed E-state index contributed by atoms with van der Waals surface area (Å²) in [5.41, 5.74) is 0.799. The van der Waals surface area contributed by atoms with Gasteiger partial charge in [-0.2, -0.15) is 0 Å². The Morgan fingerprint density at radius 3 is 2.64 bits per heavy atom. The molecule has 0 saturated heterocycles. The maximum absolute atomic E-state index is 11.9. The van der Waals surface area contributed by atoms with Crippen molar-refractivity contribution in [3.05, 3.63) is 40.0 Å². The topological polar surface area (TPSA) is 51.2 Å². The minimum absolute atomic E-state index is 0.309. The number of carbonyl (C=O) groups is 1. The smallest absolute Gasteiger partial charge is 0.408 e. The number of fused-ring (bicyclic) bond motifs is 1. The molecule has 1 heterocycles. The number of benzene rings is 1. The van der Waals surface area contributed by atoms with Gasteiger partial charge in [0.25, 0.3) is 0 Å². The van der Waals surface area contributed by atoms with E-state index >= 15 is 0 Å². The first-order valence-corrected chi connectivity index (χ1v) is 7.67. The minimum atomic E-state index is -0.553. The van der Waals surface area contributed by atoms with Gasteiger partial charge in [0.05, 0.1) is 16.6 Å². The highest BCUT2D eigenvalue weighted by Gasteiger charge is 2.20. The summed E-state index contributed by atoms with van der Waals surface area (Å²) in [6.07, 6.45) is -0.498. The average Bonchev–Trinajstić information content (AvgIpc) is 2.36. The van der Waals surface area contributed by atoms with Crippen molar-refractivity contribution in [3.63, 3.8) is 0 Å². The summed E-state index contributed by atoms with van der Waals surface area (Å²) in [6.45, 7) is 7.25. The third-order valence-electron chi connectivity index (χ3n) is 2.98. The van der Waals surface area contributed by atoms with Crippen molar-refractivity contribution in [3.8, 4) is 0 Å². The highest BCUT2D eigenvalue weighted by molar-refractivity contribution is 6.35. The zero-order chi connectivity index (χ0) is 16.5. The van der Waals surface area contributed by atoms with E-state index in [1.165, 1.54) is 0 Å². The molecule has 1 amide bonds. The summed E-state index contributed by atoms with van der Waals surface area (Å²) in [6, 6.07) is 7.04. The van der Waals surface area contributed by atoms with Gasteiger partial charge in [0.2, 0.25) is 0 Å². The van der Waals surface area contributed by atoms with E-state index in [4.69, 9.17) is 27.9 Å². The molecule has 6 heteroatoms. The lowest BCUT2D eigenvalue weighted by Crippen LogP contribution is -2.34. The van der Waals surface area contributed by atoms with Gasteiger partial charge in [0.1, 0.15) is 10.8 Å². The second-order valence-corrected chi connectivity index (χ2v) is 6.81. The zero-order valence-corrected chi connectivity index (χ0v) is 14.4. The van der Waals surface area contributed by atoms with Crippen LogP contribution in [0.3, 0.4) is 0 Å². The minimum Gasteiger partial charge on any atom is -0.444 e. The standard InChI is InChI=1S/C16H18Cl2N2O2/c1-9(19-15(21)22-16(2,3)4)11-8-10-6-5-7-12(17)13(10)20-14(11)18/h5-9H,1-4H3,(H,19,21)/t9-/m0/s1. The van der Waals surface area contributed by atoms with Crippen molar-refractivity contribution in [1.29, 1.82) is 0 Å². The molecule has 0 saturated carbocycles. The maximum Gasteiger partial charge on any atom is 0.408 e. The molecular weight excluding hydrogens is 323 g/mol. The highest BCUT2D eigenvalue weighted by Crippen LogP contribution is 2.29. The molecule has 1 aromatic carbocycles. The summed E-state index contributed by atoms with van der Waals surface area (Å²) in [5.74, 6) is 0. The first-order valence-electron chi connectivity index (χ1n) is 6.91. The van der Waals surface area contributed by atoms with Crippen molar-refractivity contribution < 1.29 is 9.53 Å². The van der Waals surface area contributed by atoms with Crippen LogP contribution in [-0.4, -0.2) is 16.7 Å². The fourth-order valence-electron chi connectivity index (χ4n) is 2.02. The number of carbonyl (C=O) groups excluding carboxylic acids is 1. The molecule has 22 heavy (non-hydrogen) atoms. The van der Waals surface area contributed by atoms with Gasteiger partial charge < -0.3 is 10.1 Å². The molecule has 4 nitrogen and oxygen atoms in total. The first kappa shape index (κ1) is 16.8. The molecule has 0 radical (unpaired) electrons. The number of rotatable bonds is 2. The van der Waals surface area contributed by atoms with E-state index < -0.39 is 11.7 Å². The van der Waals surface area contributed by atoms with Gasteiger partial charge in [-0.15, -0.1) is 0 Å². The second-order valence-electron chi connectivity index (χ2n) is 6.05. The SMILES string of the molecule is C[C@H](NC(=O)OC(C)(C)C)c1cc2cccc(Cl)c2nc1Cl. The van der Waals surface area contributed by atoms with Gasteiger partial charge in [-0.3, -0.25) is 0 Å². The van der Waals surface area contributed by atoms with Crippen molar-refractivity contribution >= 4 is 40.2 Å². The van der Waals surface area contributed by atoms with Crippen LogP contribution in [0.1, 0.15) is 39.3 Å². The quantitative estimate of drug-likeness (QED) is 0.771. The predicted octanol–water partition coefficient (Wildman–Crippen LogP) is 5.13. The van der Waals surface area contributed by atoms with Crippen LogP contribution in [0.5, 0.6) is 0 Å². The molecule has 1 atom stereocenters. The van der Waals surface area contributed by atoms with Crippen LogP contribution < -0.4 is 5.32 Å². The Bertz CT molecular complexity index is 711. The van der Waals surface area contributed by atoms with Gasteiger partial charge in [-0.1, -0.05) is 35.3 Å². The molecule has 0 aliphatic heterocycles. The molecule has 118 valence electrons. The Hall–Kier alpha value is -1.52. The van der Waals surface area contributed by atoms with E-state index in [9.17, 15) is 4.79 Å². The molecule has 0 spiro atoms. The van der Waals surface area contributed by atoms with Crippen LogP contribution in [0.4, 0.5) is 4.79 Å². The van der Waals surface area contributed by atoms with Gasteiger partial charge >= 0.3 is 6.09 Å². The van der Waals surface area contributed by atoms with Gasteiger partial charge in [-0.25, -0.2) is 9.78 Å². The fourth-order valence-corrected chi connectivity index (χ4v) is 2.55. The van der Waals surface area contributed by atoms with Crippen molar-refractivity contribution in [2.24, 2.45) is 0 Å². The maximum atomic E-state index is 11.9. The number of para-hydroxylation sites is 1. The number of pyridine rings is 1. The molecule has 0 aliphatic carbocycles. The van der Waals surface area contributed by atoms with E-state index in [0.29, 0.717) is 21.3 Å². The number of nitrogens with zero attached hydrogens (tertiary/aromatic N) is 1. The second kappa shape index (κ2) is 6.31. The van der Waals surface area contributed by atoms with Crippen LogP contribution in [0, 0.1) is 0 Å². The highest BCUT2D eigenvalue weighted by atomic mass is 35.5. The number of aromatic nitrogens is 1. The van der Waals surface area contributed by atoms with Crippen LogP contribution in [0.15, 0.2) is 24.3 Å². The molecule has 1 N–H and O–H groups in total. The Labute approximate surface area is 139 Å². The number of hydrogen-bond donors (Lipinski definition) is 1. The third-order valence-corrected chi connectivity index (χ3v) is 3.58. The van der Waals surface area contributed by atoms with Gasteiger partial charge in [0, 0.05) is 10.9 Å². The van der Waals surface area contributed by atoms with Gasteiger partial charge in [0.15, 0.2) is 0 Å². The predicted molar refractivity (Wildman–Crippen MR) is 89.5 cm³/mol. The van der Waals surface area contributed by atoms with Crippen LogP contribution in [-0.2, 0) is 4.74 Å². The van der Waals surface area contributed by atoms with Gasteiger partial charge in [-0.05, 0) is 39.8 Å². The van der Waals surface area contributed by atoms with E-state index in [2.05, 4.69) is 10.3 Å². The Morgan fingerprint density at radius 2 is 2.00 bits per heavy atom. The van der Waals surface area contributed by atoms with E-state index in [0.717, 1.165) is 5.39 Å². The largest absolute Gasteiger partial charge is 0.444 e. The molecular formula is C16H18Cl2N2O2. The molecule has 2 rings (SSSR count). The number of alkyl carbamates (subject to hydrolysis) is 1. The van der Waals surface area contributed by atoms with Crippen molar-refractivity contribution in [2.75, 3.05) is 0 Å². The van der Waals surface area contributed by atoms with Crippen molar-refractivity contribution in [2.45, 2.75) is 39.3 Å². The lowest BCUT2D eigenvalue weighted by atomic mass is 10.1. The monoisotopic (exact) mass is 340 g/mol. The molecule has 0 bridgehead atoms. The van der Waals surface area contributed by atoms with Crippen LogP contribution in [0.2, 0.25) is 10.2 Å². The summed E-state index contributed by atoms with van der Waals surface area (Å²) in [5, 5.41) is 4.47. The Morgan fingerprint density at radius 1 is 1.32 bits per heavy atom. The molecule has 0 aliphatic rings. The molecule has 0 unspecified atom stereocenters. The van der Waals surface area contributed by atoms with E-state index in [1.807, 2.05) is 45.9 Å². The van der Waals surface area contributed by atoms with Crippen molar-refractivity contribution in [1.82, 2.24) is 10.3 Å². The molecule has 1 aromatic heterocycles. The Balaban J connectivity index is 2.26.